The lowest BCUT2D eigenvalue weighted by atomic mass is 10.1. The Morgan fingerprint density at radius 1 is 1.50 bits per heavy atom. The summed E-state index contributed by atoms with van der Waals surface area (Å²) in [6.45, 7) is 7.75. The summed E-state index contributed by atoms with van der Waals surface area (Å²) in [5.74, 6) is 0.716. The van der Waals surface area contributed by atoms with Crippen LogP contribution in [-0.2, 0) is 9.47 Å². The molecule has 1 rings (SSSR count). The molecule has 0 aromatic rings. The number of hydrogen-bond donors (Lipinski definition) is 1. The van der Waals surface area contributed by atoms with Crippen molar-refractivity contribution in [2.45, 2.75) is 25.9 Å². The average molecular weight is 230 g/mol. The molecule has 1 saturated heterocycles. The Bertz CT molecular complexity index is 178. The highest BCUT2D eigenvalue weighted by molar-refractivity contribution is 4.76. The molecule has 2 atom stereocenters. The summed E-state index contributed by atoms with van der Waals surface area (Å²) in [6, 6.07) is 0. The second-order valence-corrected chi connectivity index (χ2v) is 4.51. The van der Waals surface area contributed by atoms with E-state index in [2.05, 4.69) is 4.90 Å². The maximum atomic E-state index is 5.66. The van der Waals surface area contributed by atoms with Crippen molar-refractivity contribution in [3.63, 3.8) is 0 Å². The van der Waals surface area contributed by atoms with Gasteiger partial charge in [0, 0.05) is 33.4 Å². The summed E-state index contributed by atoms with van der Waals surface area (Å²) < 4.78 is 10.7. The van der Waals surface area contributed by atoms with E-state index >= 15 is 0 Å². The van der Waals surface area contributed by atoms with Crippen LogP contribution in [0.1, 0.15) is 19.8 Å². The fourth-order valence-corrected chi connectivity index (χ4v) is 2.32. The molecule has 0 aromatic carbocycles. The van der Waals surface area contributed by atoms with Crippen LogP contribution in [0.25, 0.3) is 0 Å². The molecule has 0 aliphatic carbocycles. The largest absolute Gasteiger partial charge is 0.384 e. The van der Waals surface area contributed by atoms with Crippen molar-refractivity contribution in [2.24, 2.45) is 11.7 Å². The van der Waals surface area contributed by atoms with Crippen molar-refractivity contribution >= 4 is 0 Å². The van der Waals surface area contributed by atoms with Crippen LogP contribution < -0.4 is 5.73 Å². The molecule has 1 aliphatic rings. The highest BCUT2D eigenvalue weighted by atomic mass is 16.5. The van der Waals surface area contributed by atoms with Gasteiger partial charge in [0.2, 0.25) is 0 Å². The maximum absolute atomic E-state index is 5.66. The lowest BCUT2D eigenvalue weighted by molar-refractivity contribution is 0.0555. The van der Waals surface area contributed by atoms with Crippen molar-refractivity contribution in [3.8, 4) is 0 Å². The quantitative estimate of drug-likeness (QED) is 0.667. The molecule has 0 saturated carbocycles. The predicted molar refractivity (Wildman–Crippen MR) is 65.5 cm³/mol. The van der Waals surface area contributed by atoms with Gasteiger partial charge < -0.3 is 20.1 Å². The summed E-state index contributed by atoms with van der Waals surface area (Å²) in [7, 11) is 1.78. The second kappa shape index (κ2) is 8.01. The van der Waals surface area contributed by atoms with Crippen LogP contribution in [0.2, 0.25) is 0 Å². The van der Waals surface area contributed by atoms with E-state index in [9.17, 15) is 0 Å². The van der Waals surface area contributed by atoms with E-state index in [-0.39, 0.29) is 6.10 Å². The third-order valence-electron chi connectivity index (χ3n) is 3.20. The van der Waals surface area contributed by atoms with Crippen LogP contribution in [0, 0.1) is 5.92 Å². The zero-order valence-electron chi connectivity index (χ0n) is 10.7. The molecule has 0 bridgehead atoms. The molecule has 0 spiro atoms. The van der Waals surface area contributed by atoms with E-state index in [4.69, 9.17) is 15.2 Å². The maximum Gasteiger partial charge on any atom is 0.0709 e. The van der Waals surface area contributed by atoms with Crippen LogP contribution in [-0.4, -0.2) is 57.5 Å². The molecule has 96 valence electrons. The van der Waals surface area contributed by atoms with E-state index in [0.29, 0.717) is 12.5 Å². The Kier molecular flexibility index (Phi) is 6.96. The molecule has 1 aliphatic heterocycles. The SMILES string of the molecule is CCOC(CN)CCN1CCC(COC)C1. The van der Waals surface area contributed by atoms with Gasteiger partial charge in [-0.05, 0) is 32.2 Å². The van der Waals surface area contributed by atoms with E-state index < -0.39 is 0 Å². The first-order valence-corrected chi connectivity index (χ1v) is 6.33. The summed E-state index contributed by atoms with van der Waals surface area (Å²) >= 11 is 0. The van der Waals surface area contributed by atoms with Crippen LogP contribution in [0.4, 0.5) is 0 Å². The van der Waals surface area contributed by atoms with Gasteiger partial charge >= 0.3 is 0 Å². The van der Waals surface area contributed by atoms with Gasteiger partial charge in [-0.15, -0.1) is 0 Å². The van der Waals surface area contributed by atoms with E-state index in [1.54, 1.807) is 7.11 Å². The molecular weight excluding hydrogens is 204 g/mol. The average Bonchev–Trinajstić information content (AvgIpc) is 2.72. The van der Waals surface area contributed by atoms with Crippen molar-refractivity contribution in [1.82, 2.24) is 4.90 Å². The highest BCUT2D eigenvalue weighted by Gasteiger charge is 2.22. The third kappa shape index (κ3) is 4.78. The lowest BCUT2D eigenvalue weighted by Gasteiger charge is -2.20. The number of hydrogen-bond acceptors (Lipinski definition) is 4. The molecule has 4 nitrogen and oxygen atoms in total. The van der Waals surface area contributed by atoms with Crippen molar-refractivity contribution in [2.75, 3.05) is 46.5 Å². The van der Waals surface area contributed by atoms with Gasteiger partial charge in [0.15, 0.2) is 0 Å². The van der Waals surface area contributed by atoms with Gasteiger partial charge in [0.1, 0.15) is 0 Å². The first-order chi connectivity index (χ1) is 7.80. The molecule has 2 N–H and O–H groups in total. The normalized spacial score (nSPS) is 23.8. The fourth-order valence-electron chi connectivity index (χ4n) is 2.32. The van der Waals surface area contributed by atoms with Gasteiger partial charge in [-0.1, -0.05) is 0 Å². The lowest BCUT2D eigenvalue weighted by Crippen LogP contribution is -2.30. The number of likely N-dealkylation sites (tertiary alicyclic amines) is 1. The van der Waals surface area contributed by atoms with Crippen molar-refractivity contribution in [1.29, 1.82) is 0 Å². The van der Waals surface area contributed by atoms with Crippen LogP contribution in [0.5, 0.6) is 0 Å². The molecule has 1 heterocycles. The minimum atomic E-state index is 0.228. The minimum Gasteiger partial charge on any atom is -0.384 e. The molecule has 4 heteroatoms. The molecule has 0 radical (unpaired) electrons. The minimum absolute atomic E-state index is 0.228. The molecule has 0 amide bonds. The third-order valence-corrected chi connectivity index (χ3v) is 3.20. The number of nitrogens with zero attached hydrogens (tertiary/aromatic N) is 1. The first kappa shape index (κ1) is 13.9. The molecular formula is C12H26N2O2. The van der Waals surface area contributed by atoms with Crippen LogP contribution in [0.3, 0.4) is 0 Å². The fraction of sp³-hybridized carbons (Fsp3) is 1.00. The topological polar surface area (TPSA) is 47.7 Å². The van der Waals surface area contributed by atoms with E-state index in [0.717, 1.165) is 32.7 Å². The molecule has 2 unspecified atom stereocenters. The van der Waals surface area contributed by atoms with E-state index in [1.165, 1.54) is 13.0 Å². The van der Waals surface area contributed by atoms with Gasteiger partial charge in [0.25, 0.3) is 0 Å². The Labute approximate surface area is 99.1 Å². The molecule has 16 heavy (non-hydrogen) atoms. The number of nitrogens with two attached hydrogens (primary N) is 1. The van der Waals surface area contributed by atoms with Gasteiger partial charge in [0.05, 0.1) is 12.7 Å². The van der Waals surface area contributed by atoms with Gasteiger partial charge in [-0.25, -0.2) is 0 Å². The Morgan fingerprint density at radius 2 is 2.31 bits per heavy atom. The summed E-state index contributed by atoms with van der Waals surface area (Å²) in [5.41, 5.74) is 5.66. The van der Waals surface area contributed by atoms with Crippen LogP contribution >= 0.6 is 0 Å². The summed E-state index contributed by atoms with van der Waals surface area (Å²) in [5, 5.41) is 0. The summed E-state index contributed by atoms with van der Waals surface area (Å²) in [4.78, 5) is 2.49. The number of ether oxygens (including phenoxy) is 2. The van der Waals surface area contributed by atoms with E-state index in [1.807, 2.05) is 6.92 Å². The second-order valence-electron chi connectivity index (χ2n) is 4.51. The number of methoxy groups -OCH3 is 1. The monoisotopic (exact) mass is 230 g/mol. The van der Waals surface area contributed by atoms with Gasteiger partial charge in [-0.3, -0.25) is 0 Å². The summed E-state index contributed by atoms with van der Waals surface area (Å²) in [6.07, 6.45) is 2.53. The number of rotatable bonds is 8. The Hall–Kier alpha value is -0.160. The Balaban J connectivity index is 2.13. The van der Waals surface area contributed by atoms with Gasteiger partial charge in [-0.2, -0.15) is 0 Å². The predicted octanol–water partition coefficient (Wildman–Crippen LogP) is 0.709. The molecule has 0 aromatic heterocycles. The Morgan fingerprint density at radius 3 is 2.94 bits per heavy atom. The zero-order chi connectivity index (χ0) is 11.8. The smallest absolute Gasteiger partial charge is 0.0709 e. The van der Waals surface area contributed by atoms with Crippen molar-refractivity contribution in [3.05, 3.63) is 0 Å². The first-order valence-electron chi connectivity index (χ1n) is 6.33. The van der Waals surface area contributed by atoms with Crippen LogP contribution in [0.15, 0.2) is 0 Å². The molecule has 1 fully saturated rings. The zero-order valence-corrected chi connectivity index (χ0v) is 10.7. The standard InChI is InChI=1S/C12H26N2O2/c1-3-16-12(8-13)5-7-14-6-4-11(9-14)10-15-2/h11-12H,3-10,13H2,1-2H3. The highest BCUT2D eigenvalue weighted by Crippen LogP contribution is 2.16. The van der Waals surface area contributed by atoms with Crippen molar-refractivity contribution < 1.29 is 9.47 Å².